The first-order chi connectivity index (χ1) is 29.0. The van der Waals surface area contributed by atoms with Crippen molar-refractivity contribution in [2.75, 3.05) is 48.3 Å². The predicted molar refractivity (Wildman–Crippen MR) is 232 cm³/mol. The Bertz CT molecular complexity index is 2170. The number of piperidine rings is 2. The minimum absolute atomic E-state index is 0.0212. The van der Waals surface area contributed by atoms with Gasteiger partial charge in [-0.25, -0.2) is 0 Å². The highest BCUT2D eigenvalue weighted by Gasteiger charge is 2.66. The molecule has 5 heterocycles. The number of benzene rings is 3. The van der Waals surface area contributed by atoms with Crippen molar-refractivity contribution in [2.45, 2.75) is 88.4 Å². The molecule has 7 atom stereocenters. The Morgan fingerprint density at radius 3 is 2.27 bits per heavy atom. The van der Waals surface area contributed by atoms with E-state index in [1.165, 1.54) is 0 Å². The first-order valence-corrected chi connectivity index (χ1v) is 24.5. The van der Waals surface area contributed by atoms with E-state index in [2.05, 4.69) is 31.6 Å². The van der Waals surface area contributed by atoms with Crippen LogP contribution < -0.4 is 26.2 Å². The summed E-state index contributed by atoms with van der Waals surface area (Å²) in [6.45, 7) is 9.42. The number of nitrogens with one attached hydrogen (secondary N) is 4. The molecule has 0 aliphatic carbocycles. The van der Waals surface area contributed by atoms with Crippen LogP contribution in [-0.4, -0.2) is 89.8 Å². The molecule has 4 aromatic rings. The maximum Gasteiger partial charge on any atom is 0.264 e. The van der Waals surface area contributed by atoms with Gasteiger partial charge in [-0.15, -0.1) is 5.10 Å². The van der Waals surface area contributed by atoms with E-state index in [0.717, 1.165) is 49.9 Å². The van der Waals surface area contributed by atoms with Crippen molar-refractivity contribution in [1.82, 2.24) is 25.6 Å². The third-order valence-corrected chi connectivity index (χ3v) is 15.6. The molecule has 3 amide bonds. The maximum atomic E-state index is 15.3. The summed E-state index contributed by atoms with van der Waals surface area (Å²) in [5.41, 5.74) is 3.27. The first-order valence-electron chi connectivity index (χ1n) is 21.5. The number of aliphatic hydroxyl groups is 1. The summed E-state index contributed by atoms with van der Waals surface area (Å²) in [7, 11) is -2.99. The van der Waals surface area contributed by atoms with Gasteiger partial charge in [0.25, 0.3) is 5.91 Å². The first kappa shape index (κ1) is 41.9. The number of carbonyl (C=O) groups excluding carboxylic acids is 3. The van der Waals surface area contributed by atoms with Crippen molar-refractivity contribution in [3.63, 3.8) is 0 Å². The zero-order chi connectivity index (χ0) is 42.0. The molecular formula is C45H58N8O6Si. The largest absolute Gasteiger partial charge is 0.432 e. The van der Waals surface area contributed by atoms with Crippen molar-refractivity contribution in [1.29, 1.82) is 0 Å². The summed E-state index contributed by atoms with van der Waals surface area (Å²) < 4.78 is 8.89. The highest BCUT2D eigenvalue weighted by Crippen LogP contribution is 2.60. The highest BCUT2D eigenvalue weighted by atomic mass is 28.4. The second-order valence-corrected chi connectivity index (χ2v) is 21.6. The number of rotatable bonds is 13. The van der Waals surface area contributed by atoms with E-state index in [0.29, 0.717) is 54.4 Å². The average molecular weight is 835 g/mol. The normalized spacial score (nSPS) is 25.9. The molecule has 3 aromatic carbocycles. The number of aryl methyl sites for hydroxylation is 1. The van der Waals surface area contributed by atoms with Crippen molar-refractivity contribution in [3.8, 4) is 0 Å². The lowest BCUT2D eigenvalue weighted by Crippen LogP contribution is -2.46. The SMILES string of the molecule is C[C@@H]1[C@@H]([Si](C)(C)O)[C@H](CCn2cc(C(CO)c3ccccc3)nn2)O[C@@]12C(=O)N(Cc1cccc(NC(=O)C3CCCNC3)c1)c1ccc(NC(=O)C3CCCNC3)cc12. The fourth-order valence-electron chi connectivity index (χ4n) is 10.0. The van der Waals surface area contributed by atoms with Crippen molar-refractivity contribution in [3.05, 3.63) is 101 Å². The molecule has 0 bridgehead atoms. The van der Waals surface area contributed by atoms with Gasteiger partial charge in [-0.1, -0.05) is 54.6 Å². The third kappa shape index (κ3) is 8.43. The molecule has 6 N–H and O–H groups in total. The summed E-state index contributed by atoms with van der Waals surface area (Å²) in [5, 5.41) is 31.9. The molecular weight excluding hydrogens is 777 g/mol. The van der Waals surface area contributed by atoms with Crippen LogP contribution in [0.1, 0.15) is 67.3 Å². The van der Waals surface area contributed by atoms with Gasteiger partial charge in [0.1, 0.15) is 0 Å². The number of carbonyl (C=O) groups is 3. The van der Waals surface area contributed by atoms with Crippen LogP contribution in [0.4, 0.5) is 17.1 Å². The molecule has 3 fully saturated rings. The topological polar surface area (TPSA) is 183 Å². The van der Waals surface area contributed by atoms with Crippen LogP contribution in [0.5, 0.6) is 0 Å². The minimum atomic E-state index is -2.99. The molecule has 0 radical (unpaired) electrons. The Balaban J connectivity index is 1.09. The van der Waals surface area contributed by atoms with Gasteiger partial charge in [-0.05, 0) is 99.7 Å². The Morgan fingerprint density at radius 1 is 0.950 bits per heavy atom. The molecule has 60 heavy (non-hydrogen) atoms. The van der Waals surface area contributed by atoms with Gasteiger partial charge in [0.05, 0.1) is 48.4 Å². The smallest absolute Gasteiger partial charge is 0.264 e. The highest BCUT2D eigenvalue weighted by molar-refractivity contribution is 6.71. The molecule has 4 aliphatic heterocycles. The van der Waals surface area contributed by atoms with Crippen LogP contribution in [0.2, 0.25) is 18.6 Å². The Hall–Kier alpha value is -4.77. The van der Waals surface area contributed by atoms with Gasteiger partial charge in [0, 0.05) is 54.2 Å². The van der Waals surface area contributed by atoms with Gasteiger partial charge in [0.15, 0.2) is 13.9 Å². The second kappa shape index (κ2) is 17.7. The summed E-state index contributed by atoms with van der Waals surface area (Å²) in [5.74, 6) is -1.31. The van der Waals surface area contributed by atoms with Crippen molar-refractivity contribution in [2.24, 2.45) is 17.8 Å². The molecule has 0 saturated carbocycles. The van der Waals surface area contributed by atoms with Crippen molar-refractivity contribution >= 4 is 43.1 Å². The summed E-state index contributed by atoms with van der Waals surface area (Å²) in [4.78, 5) is 55.6. The number of nitrogens with zero attached hydrogens (tertiary/aromatic N) is 4. The quantitative estimate of drug-likeness (QED) is 0.103. The average Bonchev–Trinajstić information content (AvgIpc) is 3.91. The molecule has 15 heteroatoms. The fraction of sp³-hybridized carbons (Fsp3) is 0.489. The summed E-state index contributed by atoms with van der Waals surface area (Å²) >= 11 is 0. The molecule has 1 spiro atoms. The molecule has 8 rings (SSSR count). The van der Waals surface area contributed by atoms with Crippen LogP contribution in [0, 0.1) is 17.8 Å². The predicted octanol–water partition coefficient (Wildman–Crippen LogP) is 4.71. The minimum Gasteiger partial charge on any atom is -0.432 e. The van der Waals surface area contributed by atoms with E-state index >= 15 is 4.79 Å². The van der Waals surface area contributed by atoms with E-state index in [4.69, 9.17) is 4.74 Å². The second-order valence-electron chi connectivity index (χ2n) is 17.6. The molecule has 14 nitrogen and oxygen atoms in total. The number of aromatic nitrogens is 3. The monoisotopic (exact) mass is 834 g/mol. The number of amides is 3. The Kier molecular flexibility index (Phi) is 12.4. The summed E-state index contributed by atoms with van der Waals surface area (Å²) in [6, 6.07) is 22.9. The van der Waals surface area contributed by atoms with Crippen LogP contribution in [0.25, 0.3) is 0 Å². The van der Waals surface area contributed by atoms with E-state index in [9.17, 15) is 19.5 Å². The third-order valence-electron chi connectivity index (χ3n) is 13.1. The number of ether oxygens (including phenoxy) is 1. The van der Waals surface area contributed by atoms with Crippen LogP contribution in [0.3, 0.4) is 0 Å². The molecule has 3 unspecified atom stereocenters. The lowest BCUT2D eigenvalue weighted by molar-refractivity contribution is -0.146. The van der Waals surface area contributed by atoms with Gasteiger partial charge in [0.2, 0.25) is 11.8 Å². The lowest BCUT2D eigenvalue weighted by Gasteiger charge is -2.32. The lowest BCUT2D eigenvalue weighted by atomic mass is 9.82. The van der Waals surface area contributed by atoms with Crippen molar-refractivity contribution < 1.29 is 29.0 Å². The zero-order valence-corrected chi connectivity index (χ0v) is 35.8. The van der Waals surface area contributed by atoms with E-state index in [1.54, 1.807) is 9.58 Å². The number of aliphatic hydroxyl groups excluding tert-OH is 1. The standard InChI is InChI=1S/C45H58N8O6Si/c1-29-41(60(2,3)58)40(18-21-52-27-38(50-51-52)36(28-54)31-11-5-4-6-12-31)59-45(29)37-23-35(49-43(56)33-14-9-20-47-25-33)16-17-39(37)53(44(45)57)26-30-10-7-15-34(22-30)48-42(55)32-13-8-19-46-24-32/h4-7,10-12,15-17,22-23,27,29,32-33,36,40-41,46-47,54,58H,8-9,13-14,18-21,24-26,28H2,1-3H3,(H,48,55)(H,49,56)/t29-,32?,33?,36?,40+,41-,45+/m1/s1. The van der Waals surface area contributed by atoms with Crippen LogP contribution in [0.15, 0.2) is 79.0 Å². The van der Waals surface area contributed by atoms with Crippen LogP contribution in [-0.2, 0) is 37.8 Å². The number of anilines is 3. The number of hydrogen-bond acceptors (Lipinski definition) is 10. The molecule has 1 aromatic heterocycles. The van der Waals surface area contributed by atoms with E-state index in [1.807, 2.05) is 99.0 Å². The number of fused-ring (bicyclic) bond motifs is 2. The van der Waals surface area contributed by atoms with Gasteiger partial charge >= 0.3 is 0 Å². The van der Waals surface area contributed by atoms with E-state index in [-0.39, 0.29) is 54.2 Å². The fourth-order valence-corrected chi connectivity index (χ4v) is 12.7. The van der Waals surface area contributed by atoms with Gasteiger partial charge in [-0.2, -0.15) is 0 Å². The van der Waals surface area contributed by atoms with Gasteiger partial charge in [-0.3, -0.25) is 19.1 Å². The van der Waals surface area contributed by atoms with Gasteiger partial charge < -0.3 is 40.8 Å². The molecule has 3 saturated heterocycles. The Labute approximate surface area is 352 Å². The van der Waals surface area contributed by atoms with Crippen LogP contribution >= 0.6 is 0 Å². The molecule has 4 aliphatic rings. The number of hydrogen-bond donors (Lipinski definition) is 6. The Morgan fingerprint density at radius 2 is 1.63 bits per heavy atom. The zero-order valence-electron chi connectivity index (χ0n) is 34.8. The van der Waals surface area contributed by atoms with E-state index < -0.39 is 25.9 Å². The maximum absolute atomic E-state index is 15.3. The molecule has 318 valence electrons. The summed E-state index contributed by atoms with van der Waals surface area (Å²) in [6.07, 6.45) is 5.32.